The van der Waals surface area contributed by atoms with Crippen molar-refractivity contribution in [3.8, 4) is 0 Å². The fourth-order valence-electron chi connectivity index (χ4n) is 1.52. The van der Waals surface area contributed by atoms with Gasteiger partial charge in [-0.25, -0.2) is 0 Å². The Bertz CT molecular complexity index is 202. The van der Waals surface area contributed by atoms with Gasteiger partial charge in [0.2, 0.25) is 0 Å². The quantitative estimate of drug-likeness (QED) is 0.689. The van der Waals surface area contributed by atoms with Gasteiger partial charge in [-0.2, -0.15) is 0 Å². The van der Waals surface area contributed by atoms with E-state index < -0.39 is 0 Å². The van der Waals surface area contributed by atoms with Gasteiger partial charge in [0.25, 0.3) is 0 Å². The van der Waals surface area contributed by atoms with E-state index >= 15 is 0 Å². The lowest BCUT2D eigenvalue weighted by Gasteiger charge is -2.20. The van der Waals surface area contributed by atoms with Gasteiger partial charge in [-0.3, -0.25) is 4.98 Å². The SMILES string of the molecule is c1ncc([C@H]2CCCNC2)s1. The van der Waals surface area contributed by atoms with E-state index in [4.69, 9.17) is 0 Å². The second-order valence-corrected chi connectivity index (χ2v) is 3.87. The Morgan fingerprint density at radius 2 is 2.64 bits per heavy atom. The van der Waals surface area contributed by atoms with Crippen LogP contribution in [0.15, 0.2) is 11.7 Å². The Kier molecular flexibility index (Phi) is 2.19. The highest BCUT2D eigenvalue weighted by molar-refractivity contribution is 7.09. The van der Waals surface area contributed by atoms with Crippen LogP contribution in [-0.2, 0) is 0 Å². The molecule has 0 unspecified atom stereocenters. The number of nitrogens with one attached hydrogen (secondary N) is 1. The smallest absolute Gasteiger partial charge is 0.0794 e. The average Bonchev–Trinajstić information content (AvgIpc) is 2.58. The van der Waals surface area contributed by atoms with Crippen molar-refractivity contribution >= 4 is 11.3 Å². The second kappa shape index (κ2) is 3.32. The third kappa shape index (κ3) is 1.60. The Morgan fingerprint density at radius 3 is 3.27 bits per heavy atom. The average molecular weight is 168 g/mol. The maximum absolute atomic E-state index is 4.09. The van der Waals surface area contributed by atoms with Gasteiger partial charge in [0.15, 0.2) is 0 Å². The molecule has 0 spiro atoms. The lowest BCUT2D eigenvalue weighted by molar-refractivity contribution is 0.466. The monoisotopic (exact) mass is 168 g/mol. The zero-order chi connectivity index (χ0) is 7.52. The molecule has 2 rings (SSSR count). The summed E-state index contributed by atoms with van der Waals surface area (Å²) in [6.45, 7) is 2.33. The molecule has 2 nitrogen and oxygen atoms in total. The molecule has 1 atom stereocenters. The number of piperidine rings is 1. The maximum Gasteiger partial charge on any atom is 0.0794 e. The predicted octanol–water partition coefficient (Wildman–Crippen LogP) is 1.61. The minimum Gasteiger partial charge on any atom is -0.316 e. The molecule has 0 saturated carbocycles. The zero-order valence-electron chi connectivity index (χ0n) is 6.42. The maximum atomic E-state index is 4.09. The highest BCUT2D eigenvalue weighted by Gasteiger charge is 2.15. The summed E-state index contributed by atoms with van der Waals surface area (Å²) in [4.78, 5) is 5.53. The van der Waals surface area contributed by atoms with Gasteiger partial charge in [0.05, 0.1) is 5.51 Å². The summed E-state index contributed by atoms with van der Waals surface area (Å²) in [6.07, 6.45) is 4.64. The molecule has 0 radical (unpaired) electrons. The van der Waals surface area contributed by atoms with Gasteiger partial charge >= 0.3 is 0 Å². The van der Waals surface area contributed by atoms with Crippen LogP contribution in [0.25, 0.3) is 0 Å². The van der Waals surface area contributed by atoms with Crippen molar-refractivity contribution in [3.63, 3.8) is 0 Å². The molecule has 1 aliphatic heterocycles. The van der Waals surface area contributed by atoms with Crippen LogP contribution < -0.4 is 5.32 Å². The van der Waals surface area contributed by atoms with Crippen LogP contribution in [0.5, 0.6) is 0 Å². The Labute approximate surface area is 70.7 Å². The highest BCUT2D eigenvalue weighted by Crippen LogP contribution is 2.25. The third-order valence-corrected chi connectivity index (χ3v) is 3.09. The van der Waals surface area contributed by atoms with Gasteiger partial charge in [0, 0.05) is 23.5 Å². The van der Waals surface area contributed by atoms with E-state index in [9.17, 15) is 0 Å². The Morgan fingerprint density at radius 1 is 1.64 bits per heavy atom. The molecule has 1 N–H and O–H groups in total. The largest absolute Gasteiger partial charge is 0.316 e. The third-order valence-electron chi connectivity index (χ3n) is 2.15. The molecule has 60 valence electrons. The van der Waals surface area contributed by atoms with Crippen molar-refractivity contribution in [1.82, 2.24) is 10.3 Å². The zero-order valence-corrected chi connectivity index (χ0v) is 7.23. The molecule has 0 bridgehead atoms. The van der Waals surface area contributed by atoms with E-state index in [0.29, 0.717) is 0 Å². The summed E-state index contributed by atoms with van der Waals surface area (Å²) in [7, 11) is 0. The van der Waals surface area contributed by atoms with Crippen LogP contribution in [0.2, 0.25) is 0 Å². The van der Waals surface area contributed by atoms with Crippen LogP contribution in [0.3, 0.4) is 0 Å². The number of nitrogens with zero attached hydrogens (tertiary/aromatic N) is 1. The van der Waals surface area contributed by atoms with E-state index in [1.165, 1.54) is 24.3 Å². The minimum absolute atomic E-state index is 0.733. The molecule has 0 aliphatic carbocycles. The molecular weight excluding hydrogens is 156 g/mol. The van der Waals surface area contributed by atoms with E-state index in [1.54, 1.807) is 11.3 Å². The number of hydrogen-bond acceptors (Lipinski definition) is 3. The summed E-state index contributed by atoms with van der Waals surface area (Å²) < 4.78 is 0. The summed E-state index contributed by atoms with van der Waals surface area (Å²) >= 11 is 1.78. The summed E-state index contributed by atoms with van der Waals surface area (Å²) in [6, 6.07) is 0. The standard InChI is InChI=1S/C8H12N2S/c1-2-7(4-9-3-1)8-5-10-6-11-8/h5-7,9H,1-4H2/t7-/m0/s1. The first-order valence-electron chi connectivity index (χ1n) is 4.06. The first-order valence-corrected chi connectivity index (χ1v) is 4.94. The molecule has 1 aromatic rings. The summed E-state index contributed by atoms with van der Waals surface area (Å²) in [5, 5.41) is 3.40. The van der Waals surface area contributed by atoms with E-state index in [2.05, 4.69) is 10.3 Å². The molecular formula is C8H12N2S. The number of hydrogen-bond donors (Lipinski definition) is 1. The van der Waals surface area contributed by atoms with Crippen LogP contribution in [0.1, 0.15) is 23.6 Å². The van der Waals surface area contributed by atoms with Gasteiger partial charge in [0.1, 0.15) is 0 Å². The highest BCUT2D eigenvalue weighted by atomic mass is 32.1. The van der Waals surface area contributed by atoms with E-state index in [1.807, 2.05) is 11.7 Å². The van der Waals surface area contributed by atoms with Crippen molar-refractivity contribution in [2.24, 2.45) is 0 Å². The first-order chi connectivity index (χ1) is 5.47. The fourth-order valence-corrected chi connectivity index (χ4v) is 2.28. The molecule has 1 aromatic heterocycles. The molecule has 1 fully saturated rings. The molecule has 11 heavy (non-hydrogen) atoms. The van der Waals surface area contributed by atoms with Crippen LogP contribution in [-0.4, -0.2) is 18.1 Å². The van der Waals surface area contributed by atoms with Crippen molar-refractivity contribution in [3.05, 3.63) is 16.6 Å². The second-order valence-electron chi connectivity index (χ2n) is 2.95. The molecule has 0 amide bonds. The number of thiazole rings is 1. The molecule has 2 heterocycles. The van der Waals surface area contributed by atoms with E-state index in [0.717, 1.165) is 12.5 Å². The first kappa shape index (κ1) is 7.25. The Balaban J connectivity index is 2.04. The van der Waals surface area contributed by atoms with E-state index in [-0.39, 0.29) is 0 Å². The van der Waals surface area contributed by atoms with Crippen molar-refractivity contribution in [2.45, 2.75) is 18.8 Å². The van der Waals surface area contributed by atoms with Crippen LogP contribution in [0.4, 0.5) is 0 Å². The fraction of sp³-hybridized carbons (Fsp3) is 0.625. The molecule has 1 aliphatic rings. The van der Waals surface area contributed by atoms with Gasteiger partial charge < -0.3 is 5.32 Å². The minimum atomic E-state index is 0.733. The van der Waals surface area contributed by atoms with Crippen molar-refractivity contribution in [2.75, 3.05) is 13.1 Å². The molecule has 1 saturated heterocycles. The normalized spacial score (nSPS) is 25.3. The predicted molar refractivity (Wildman–Crippen MR) is 47.0 cm³/mol. The number of rotatable bonds is 1. The number of aromatic nitrogens is 1. The molecule has 3 heteroatoms. The summed E-state index contributed by atoms with van der Waals surface area (Å²) in [5.41, 5.74) is 1.92. The van der Waals surface area contributed by atoms with Crippen molar-refractivity contribution < 1.29 is 0 Å². The molecule has 0 aromatic carbocycles. The lowest BCUT2D eigenvalue weighted by atomic mass is 9.99. The Hall–Kier alpha value is -0.410. The van der Waals surface area contributed by atoms with Crippen LogP contribution in [0, 0.1) is 0 Å². The van der Waals surface area contributed by atoms with Crippen molar-refractivity contribution in [1.29, 1.82) is 0 Å². The van der Waals surface area contributed by atoms with Crippen LogP contribution >= 0.6 is 11.3 Å². The van der Waals surface area contributed by atoms with Gasteiger partial charge in [-0.15, -0.1) is 11.3 Å². The topological polar surface area (TPSA) is 24.9 Å². The van der Waals surface area contributed by atoms with Gasteiger partial charge in [-0.1, -0.05) is 0 Å². The lowest BCUT2D eigenvalue weighted by Crippen LogP contribution is -2.27. The summed E-state index contributed by atoms with van der Waals surface area (Å²) in [5.74, 6) is 0.733. The van der Waals surface area contributed by atoms with Gasteiger partial charge in [-0.05, 0) is 19.4 Å².